The van der Waals surface area contributed by atoms with E-state index in [0.29, 0.717) is 0 Å². The van der Waals surface area contributed by atoms with Crippen LogP contribution < -0.4 is 5.32 Å². The van der Waals surface area contributed by atoms with Crippen LogP contribution >= 0.6 is 0 Å². The van der Waals surface area contributed by atoms with Gasteiger partial charge >= 0.3 is 0 Å². The minimum Gasteiger partial charge on any atom is -0.316 e. The third kappa shape index (κ3) is 1.84. The van der Waals surface area contributed by atoms with Crippen molar-refractivity contribution in [2.75, 3.05) is 13.1 Å². The van der Waals surface area contributed by atoms with Gasteiger partial charge in [-0.05, 0) is 31.7 Å². The van der Waals surface area contributed by atoms with Crippen molar-refractivity contribution in [3.63, 3.8) is 0 Å². The molecule has 10 heavy (non-hydrogen) atoms. The van der Waals surface area contributed by atoms with E-state index in [1.54, 1.807) is 0 Å². The molecule has 0 saturated carbocycles. The Labute approximate surface area is 63.5 Å². The SMILES string of the molecule is C=C(CC)C1CCCNC1. The maximum absolute atomic E-state index is 4.06. The first kappa shape index (κ1) is 7.80. The molecule has 1 nitrogen and oxygen atoms in total. The molecule has 1 fully saturated rings. The second-order valence-corrected chi connectivity index (χ2v) is 3.06. The molecule has 0 aliphatic carbocycles. The van der Waals surface area contributed by atoms with E-state index < -0.39 is 0 Å². The summed E-state index contributed by atoms with van der Waals surface area (Å²) < 4.78 is 0. The Bertz CT molecular complexity index is 112. The Morgan fingerprint density at radius 3 is 3.00 bits per heavy atom. The van der Waals surface area contributed by atoms with E-state index >= 15 is 0 Å². The van der Waals surface area contributed by atoms with Gasteiger partial charge in [0.1, 0.15) is 0 Å². The highest BCUT2D eigenvalue weighted by Crippen LogP contribution is 2.19. The highest BCUT2D eigenvalue weighted by molar-refractivity contribution is 5.01. The minimum absolute atomic E-state index is 0.763. The molecule has 1 heteroatoms. The van der Waals surface area contributed by atoms with Crippen molar-refractivity contribution < 1.29 is 0 Å². The summed E-state index contributed by atoms with van der Waals surface area (Å²) in [6, 6.07) is 0. The van der Waals surface area contributed by atoms with Crippen LogP contribution in [0.4, 0.5) is 0 Å². The quantitative estimate of drug-likeness (QED) is 0.577. The fourth-order valence-electron chi connectivity index (χ4n) is 1.49. The van der Waals surface area contributed by atoms with Crippen LogP contribution in [0.5, 0.6) is 0 Å². The molecular formula is C9H17N. The van der Waals surface area contributed by atoms with Crippen LogP contribution in [0.15, 0.2) is 12.2 Å². The molecule has 1 atom stereocenters. The van der Waals surface area contributed by atoms with Gasteiger partial charge < -0.3 is 5.32 Å². The zero-order valence-electron chi connectivity index (χ0n) is 6.82. The average Bonchev–Trinajstić information content (AvgIpc) is 2.05. The van der Waals surface area contributed by atoms with Gasteiger partial charge in [0.05, 0.1) is 0 Å². The van der Waals surface area contributed by atoms with Crippen LogP contribution in [0.25, 0.3) is 0 Å². The number of hydrogen-bond acceptors (Lipinski definition) is 1. The molecule has 1 aliphatic heterocycles. The van der Waals surface area contributed by atoms with Gasteiger partial charge in [0.15, 0.2) is 0 Å². The van der Waals surface area contributed by atoms with Crippen molar-refractivity contribution in [3.05, 3.63) is 12.2 Å². The topological polar surface area (TPSA) is 12.0 Å². The lowest BCUT2D eigenvalue weighted by Gasteiger charge is -2.23. The Kier molecular flexibility index (Phi) is 2.94. The molecule has 0 aromatic carbocycles. The van der Waals surface area contributed by atoms with E-state index in [4.69, 9.17) is 0 Å². The van der Waals surface area contributed by atoms with E-state index in [-0.39, 0.29) is 0 Å². The normalized spacial score (nSPS) is 26.3. The van der Waals surface area contributed by atoms with Crippen LogP contribution in [0, 0.1) is 5.92 Å². The summed E-state index contributed by atoms with van der Waals surface area (Å²) in [5.74, 6) is 0.763. The van der Waals surface area contributed by atoms with Crippen molar-refractivity contribution in [2.45, 2.75) is 26.2 Å². The number of nitrogens with one attached hydrogen (secondary N) is 1. The Balaban J connectivity index is 2.31. The first-order valence-electron chi connectivity index (χ1n) is 4.23. The summed E-state index contributed by atoms with van der Waals surface area (Å²) in [6.45, 7) is 8.61. The van der Waals surface area contributed by atoms with Crippen molar-refractivity contribution in [1.29, 1.82) is 0 Å². The molecule has 1 unspecified atom stereocenters. The standard InChI is InChI=1S/C9H17N/c1-3-8(2)9-5-4-6-10-7-9/h9-10H,2-7H2,1H3. The Morgan fingerprint density at radius 1 is 1.70 bits per heavy atom. The summed E-state index contributed by atoms with van der Waals surface area (Å²) in [4.78, 5) is 0. The van der Waals surface area contributed by atoms with Crippen molar-refractivity contribution in [2.24, 2.45) is 5.92 Å². The summed E-state index contributed by atoms with van der Waals surface area (Å²) in [5.41, 5.74) is 1.42. The molecule has 0 bridgehead atoms. The summed E-state index contributed by atoms with van der Waals surface area (Å²) >= 11 is 0. The van der Waals surface area contributed by atoms with Gasteiger partial charge in [-0.2, -0.15) is 0 Å². The predicted molar refractivity (Wildman–Crippen MR) is 45.0 cm³/mol. The number of rotatable bonds is 2. The second kappa shape index (κ2) is 3.77. The highest BCUT2D eigenvalue weighted by Gasteiger charge is 2.13. The smallest absolute Gasteiger partial charge is 0.00167 e. The van der Waals surface area contributed by atoms with Gasteiger partial charge in [-0.25, -0.2) is 0 Å². The fraction of sp³-hybridized carbons (Fsp3) is 0.778. The number of piperidine rings is 1. The molecule has 0 amide bonds. The Morgan fingerprint density at radius 2 is 2.50 bits per heavy atom. The van der Waals surface area contributed by atoms with E-state index in [9.17, 15) is 0 Å². The molecule has 0 aromatic heterocycles. The largest absolute Gasteiger partial charge is 0.316 e. The van der Waals surface area contributed by atoms with Gasteiger partial charge in [0, 0.05) is 6.54 Å². The molecule has 0 spiro atoms. The van der Waals surface area contributed by atoms with E-state index in [1.807, 2.05) is 0 Å². The van der Waals surface area contributed by atoms with Gasteiger partial charge in [0.25, 0.3) is 0 Å². The second-order valence-electron chi connectivity index (χ2n) is 3.06. The van der Waals surface area contributed by atoms with E-state index in [2.05, 4.69) is 18.8 Å². The van der Waals surface area contributed by atoms with Crippen LogP contribution in [-0.4, -0.2) is 13.1 Å². The predicted octanol–water partition coefficient (Wildman–Crippen LogP) is 1.95. The van der Waals surface area contributed by atoms with Crippen LogP contribution in [0.3, 0.4) is 0 Å². The Hall–Kier alpha value is -0.300. The van der Waals surface area contributed by atoms with Gasteiger partial charge in [-0.3, -0.25) is 0 Å². The lowest BCUT2D eigenvalue weighted by molar-refractivity contribution is 0.417. The van der Waals surface area contributed by atoms with E-state index in [0.717, 1.165) is 18.9 Å². The van der Waals surface area contributed by atoms with Crippen molar-refractivity contribution >= 4 is 0 Å². The maximum Gasteiger partial charge on any atom is 0.00167 e. The first-order chi connectivity index (χ1) is 4.84. The molecular weight excluding hydrogens is 122 g/mol. The van der Waals surface area contributed by atoms with Crippen molar-refractivity contribution in [3.8, 4) is 0 Å². The molecule has 58 valence electrons. The monoisotopic (exact) mass is 139 g/mol. The summed E-state index contributed by atoms with van der Waals surface area (Å²) in [5, 5.41) is 3.39. The number of hydrogen-bond donors (Lipinski definition) is 1. The van der Waals surface area contributed by atoms with Crippen LogP contribution in [-0.2, 0) is 0 Å². The van der Waals surface area contributed by atoms with Crippen LogP contribution in [0.1, 0.15) is 26.2 Å². The molecule has 0 radical (unpaired) electrons. The lowest BCUT2D eigenvalue weighted by atomic mass is 9.91. The fourth-order valence-corrected chi connectivity index (χ4v) is 1.49. The zero-order valence-corrected chi connectivity index (χ0v) is 6.82. The molecule has 1 rings (SSSR count). The molecule has 1 aliphatic rings. The van der Waals surface area contributed by atoms with Gasteiger partial charge in [0.2, 0.25) is 0 Å². The first-order valence-corrected chi connectivity index (χ1v) is 4.23. The third-order valence-corrected chi connectivity index (χ3v) is 2.33. The lowest BCUT2D eigenvalue weighted by Crippen LogP contribution is -2.30. The summed E-state index contributed by atoms with van der Waals surface area (Å²) in [6.07, 6.45) is 3.82. The van der Waals surface area contributed by atoms with Crippen LogP contribution in [0.2, 0.25) is 0 Å². The molecule has 0 aromatic rings. The average molecular weight is 139 g/mol. The maximum atomic E-state index is 4.06. The van der Waals surface area contributed by atoms with Gasteiger partial charge in [-0.15, -0.1) is 0 Å². The highest BCUT2D eigenvalue weighted by atomic mass is 14.9. The van der Waals surface area contributed by atoms with Gasteiger partial charge in [-0.1, -0.05) is 19.1 Å². The summed E-state index contributed by atoms with van der Waals surface area (Å²) in [7, 11) is 0. The van der Waals surface area contributed by atoms with Crippen molar-refractivity contribution in [1.82, 2.24) is 5.32 Å². The molecule has 1 N–H and O–H groups in total. The third-order valence-electron chi connectivity index (χ3n) is 2.33. The minimum atomic E-state index is 0.763. The molecule has 1 heterocycles. The van der Waals surface area contributed by atoms with E-state index in [1.165, 1.54) is 25.0 Å². The zero-order chi connectivity index (χ0) is 7.40. The molecule has 1 saturated heterocycles.